The maximum atomic E-state index is 12.7. The van der Waals surface area contributed by atoms with E-state index in [2.05, 4.69) is 39.3 Å². The number of aromatic nitrogens is 3. The topological polar surface area (TPSA) is 84.2 Å². The van der Waals surface area contributed by atoms with E-state index in [9.17, 15) is 4.79 Å². The van der Waals surface area contributed by atoms with Crippen molar-refractivity contribution in [2.75, 3.05) is 19.4 Å². The van der Waals surface area contributed by atoms with Gasteiger partial charge in [0, 0.05) is 36.0 Å². The van der Waals surface area contributed by atoms with Crippen LogP contribution in [0.2, 0.25) is 0 Å². The van der Waals surface area contributed by atoms with Gasteiger partial charge in [-0.05, 0) is 51.9 Å². The Bertz CT molecular complexity index is 989. The summed E-state index contributed by atoms with van der Waals surface area (Å²) in [5.41, 5.74) is 1.61. The smallest absolute Gasteiger partial charge is 0.228 e. The monoisotopic (exact) mass is 379 g/mol. The summed E-state index contributed by atoms with van der Waals surface area (Å²) in [6.07, 6.45) is 9.05. The van der Waals surface area contributed by atoms with Crippen molar-refractivity contribution in [2.45, 2.75) is 38.6 Å². The van der Waals surface area contributed by atoms with Gasteiger partial charge in [-0.25, -0.2) is 9.97 Å². The van der Waals surface area contributed by atoms with Gasteiger partial charge >= 0.3 is 0 Å². The zero-order chi connectivity index (χ0) is 19.7. The number of hydrogen-bond acceptors (Lipinski definition) is 6. The van der Waals surface area contributed by atoms with Crippen molar-refractivity contribution in [1.82, 2.24) is 19.9 Å². The summed E-state index contributed by atoms with van der Waals surface area (Å²) in [5.74, 6) is 1.95. The molecule has 0 unspecified atom stereocenters. The van der Waals surface area contributed by atoms with Gasteiger partial charge in [0.15, 0.2) is 11.7 Å². The molecule has 7 nitrogen and oxygen atoms in total. The molecule has 1 amide bonds. The highest BCUT2D eigenvalue weighted by Crippen LogP contribution is 2.28. The Morgan fingerprint density at radius 2 is 1.86 bits per heavy atom. The molecule has 1 fully saturated rings. The molecule has 1 N–H and O–H groups in total. The number of anilines is 1. The van der Waals surface area contributed by atoms with Gasteiger partial charge in [-0.15, -0.1) is 0 Å². The highest BCUT2D eigenvalue weighted by molar-refractivity contribution is 5.94. The zero-order valence-electron chi connectivity index (χ0n) is 16.5. The molecule has 7 heteroatoms. The molecular formula is C21H25N5O2. The highest BCUT2D eigenvalue weighted by atomic mass is 16.4. The van der Waals surface area contributed by atoms with Crippen molar-refractivity contribution < 1.29 is 9.21 Å². The highest BCUT2D eigenvalue weighted by Gasteiger charge is 2.27. The molecule has 0 bridgehead atoms. The molecular weight excluding hydrogens is 354 g/mol. The maximum Gasteiger partial charge on any atom is 0.228 e. The minimum Gasteiger partial charge on any atom is -0.441 e. The first kappa shape index (κ1) is 18.6. The molecule has 146 valence electrons. The SMILES string of the molecule is Cc1ncc(-c2cnc3cnc(NC(=O)C4CCC(N(C)C)CC4)cc3c2)o1. The summed E-state index contributed by atoms with van der Waals surface area (Å²) in [4.78, 5) is 27.8. The lowest BCUT2D eigenvalue weighted by molar-refractivity contribution is -0.121. The molecule has 28 heavy (non-hydrogen) atoms. The molecule has 3 heterocycles. The first-order valence-electron chi connectivity index (χ1n) is 9.65. The average Bonchev–Trinajstić information content (AvgIpc) is 3.14. The third-order valence-corrected chi connectivity index (χ3v) is 5.52. The van der Waals surface area contributed by atoms with Gasteiger partial charge in [-0.2, -0.15) is 0 Å². The van der Waals surface area contributed by atoms with E-state index in [0.29, 0.717) is 23.5 Å². The van der Waals surface area contributed by atoms with E-state index in [1.807, 2.05) is 19.1 Å². The number of aryl methyl sites for hydroxylation is 1. The van der Waals surface area contributed by atoms with Gasteiger partial charge in [-0.1, -0.05) is 0 Å². The fourth-order valence-electron chi connectivity index (χ4n) is 3.81. The molecule has 0 saturated heterocycles. The van der Waals surface area contributed by atoms with Crippen molar-refractivity contribution in [1.29, 1.82) is 0 Å². The molecule has 1 aliphatic rings. The van der Waals surface area contributed by atoms with Crippen LogP contribution >= 0.6 is 0 Å². The van der Waals surface area contributed by atoms with Crippen LogP contribution in [-0.4, -0.2) is 45.9 Å². The minimum absolute atomic E-state index is 0.0512. The number of amides is 1. The lowest BCUT2D eigenvalue weighted by atomic mass is 9.85. The third-order valence-electron chi connectivity index (χ3n) is 5.52. The van der Waals surface area contributed by atoms with Crippen LogP contribution in [0.1, 0.15) is 31.6 Å². The Hall–Kier alpha value is -2.80. The first-order chi connectivity index (χ1) is 13.5. The second kappa shape index (κ2) is 7.67. The Morgan fingerprint density at radius 1 is 1.07 bits per heavy atom. The average molecular weight is 379 g/mol. The second-order valence-electron chi connectivity index (χ2n) is 7.69. The van der Waals surface area contributed by atoms with E-state index >= 15 is 0 Å². The molecule has 0 radical (unpaired) electrons. The Kier molecular flexibility index (Phi) is 5.09. The van der Waals surface area contributed by atoms with Crippen LogP contribution < -0.4 is 5.32 Å². The van der Waals surface area contributed by atoms with Gasteiger partial charge in [-0.3, -0.25) is 9.78 Å². The van der Waals surface area contributed by atoms with Gasteiger partial charge < -0.3 is 14.6 Å². The predicted octanol–water partition coefficient (Wildman–Crippen LogP) is 3.65. The minimum atomic E-state index is 0.0512. The molecule has 1 aliphatic carbocycles. The number of carbonyl (C=O) groups excluding carboxylic acids is 1. The van der Waals surface area contributed by atoms with E-state index in [1.54, 1.807) is 18.6 Å². The van der Waals surface area contributed by atoms with Crippen LogP contribution in [0.3, 0.4) is 0 Å². The standard InChI is InChI=1S/C21H25N5O2/c1-13-22-12-19(28-13)16-8-15-9-20(24-11-18(15)23-10-16)25-21(27)14-4-6-17(7-5-14)26(2)3/h8-12,14,17H,4-7H2,1-3H3,(H,24,25,27). The number of hydrogen-bond donors (Lipinski definition) is 1. The fraction of sp³-hybridized carbons (Fsp3) is 0.429. The maximum absolute atomic E-state index is 12.7. The van der Waals surface area contributed by atoms with Crippen molar-refractivity contribution in [3.05, 3.63) is 36.6 Å². The molecule has 3 aromatic heterocycles. The van der Waals surface area contributed by atoms with Crippen molar-refractivity contribution in [3.63, 3.8) is 0 Å². The Morgan fingerprint density at radius 3 is 2.54 bits per heavy atom. The van der Waals surface area contributed by atoms with Gasteiger partial charge in [0.05, 0.1) is 17.9 Å². The van der Waals surface area contributed by atoms with Crippen LogP contribution in [-0.2, 0) is 4.79 Å². The predicted molar refractivity (Wildman–Crippen MR) is 108 cm³/mol. The molecule has 0 atom stereocenters. The summed E-state index contributed by atoms with van der Waals surface area (Å²) in [6, 6.07) is 4.41. The number of rotatable bonds is 4. The number of nitrogens with one attached hydrogen (secondary N) is 1. The van der Waals surface area contributed by atoms with Gasteiger partial charge in [0.25, 0.3) is 0 Å². The molecule has 1 saturated carbocycles. The quantitative estimate of drug-likeness (QED) is 0.745. The van der Waals surface area contributed by atoms with E-state index in [1.165, 1.54) is 0 Å². The number of carbonyl (C=O) groups is 1. The van der Waals surface area contributed by atoms with Gasteiger partial charge in [0.2, 0.25) is 5.91 Å². The lowest BCUT2D eigenvalue weighted by Gasteiger charge is -2.31. The van der Waals surface area contributed by atoms with Crippen molar-refractivity contribution >= 4 is 22.6 Å². The summed E-state index contributed by atoms with van der Waals surface area (Å²) < 4.78 is 5.58. The van der Waals surface area contributed by atoms with Crippen LogP contribution in [0.5, 0.6) is 0 Å². The molecule has 0 spiro atoms. The summed E-state index contributed by atoms with van der Waals surface area (Å²) in [5, 5.41) is 3.88. The second-order valence-corrected chi connectivity index (χ2v) is 7.69. The summed E-state index contributed by atoms with van der Waals surface area (Å²) in [7, 11) is 4.21. The normalized spacial score (nSPS) is 19.9. The Labute approximate surface area is 164 Å². The lowest BCUT2D eigenvalue weighted by Crippen LogP contribution is -2.35. The van der Waals surface area contributed by atoms with Crippen LogP contribution in [0, 0.1) is 12.8 Å². The number of nitrogens with zero attached hydrogens (tertiary/aromatic N) is 4. The first-order valence-corrected chi connectivity index (χ1v) is 9.65. The van der Waals surface area contributed by atoms with E-state index in [-0.39, 0.29) is 11.8 Å². The zero-order valence-corrected chi connectivity index (χ0v) is 16.5. The molecule has 3 aromatic rings. The van der Waals surface area contributed by atoms with E-state index in [4.69, 9.17) is 4.42 Å². The third kappa shape index (κ3) is 3.89. The largest absolute Gasteiger partial charge is 0.441 e. The van der Waals surface area contributed by atoms with Crippen molar-refractivity contribution in [2.24, 2.45) is 5.92 Å². The van der Waals surface area contributed by atoms with Crippen LogP contribution in [0.15, 0.2) is 35.1 Å². The number of pyridine rings is 2. The Balaban J connectivity index is 1.49. The van der Waals surface area contributed by atoms with E-state index < -0.39 is 0 Å². The van der Waals surface area contributed by atoms with Gasteiger partial charge in [0.1, 0.15) is 5.82 Å². The van der Waals surface area contributed by atoms with Crippen molar-refractivity contribution in [3.8, 4) is 11.3 Å². The fourth-order valence-corrected chi connectivity index (χ4v) is 3.81. The van der Waals surface area contributed by atoms with Crippen LogP contribution in [0.25, 0.3) is 22.2 Å². The summed E-state index contributed by atoms with van der Waals surface area (Å²) in [6.45, 7) is 1.81. The summed E-state index contributed by atoms with van der Waals surface area (Å²) >= 11 is 0. The number of oxazole rings is 1. The molecule has 4 rings (SSSR count). The number of fused-ring (bicyclic) bond motifs is 1. The van der Waals surface area contributed by atoms with Crippen LogP contribution in [0.4, 0.5) is 5.82 Å². The van der Waals surface area contributed by atoms with E-state index in [0.717, 1.165) is 42.1 Å². The molecule has 0 aliphatic heterocycles. The molecule has 0 aromatic carbocycles.